The molecule has 1 aliphatic heterocycles. The van der Waals surface area contributed by atoms with E-state index in [0.717, 1.165) is 0 Å². The van der Waals surface area contributed by atoms with Crippen molar-refractivity contribution in [1.82, 2.24) is 10.0 Å². The number of hydrogen-bond donors (Lipinski definition) is 2. The third kappa shape index (κ3) is 5.87. The zero-order valence-electron chi connectivity index (χ0n) is 16.8. The summed E-state index contributed by atoms with van der Waals surface area (Å²) in [7, 11) is -3.49. The number of halogens is 1. The molecule has 3 rings (SSSR count). The summed E-state index contributed by atoms with van der Waals surface area (Å²) in [5, 5.41) is 6.66. The lowest BCUT2D eigenvalue weighted by Crippen LogP contribution is -2.35. The van der Waals surface area contributed by atoms with Crippen LogP contribution < -0.4 is 10.0 Å². The van der Waals surface area contributed by atoms with Crippen LogP contribution in [-0.2, 0) is 32.0 Å². The molecule has 2 aromatic carbocycles. The van der Waals surface area contributed by atoms with Crippen molar-refractivity contribution in [1.29, 1.82) is 0 Å². The Balaban J connectivity index is 1.60. The Morgan fingerprint density at radius 2 is 1.93 bits per heavy atom. The average molecular weight is 434 g/mol. The van der Waals surface area contributed by atoms with Crippen LogP contribution in [0.15, 0.2) is 53.7 Å². The van der Waals surface area contributed by atoms with Gasteiger partial charge in [0.1, 0.15) is 5.82 Å². The van der Waals surface area contributed by atoms with E-state index in [1.807, 2.05) is 0 Å². The van der Waals surface area contributed by atoms with Gasteiger partial charge in [0.25, 0.3) is 5.91 Å². The van der Waals surface area contributed by atoms with Gasteiger partial charge in [-0.15, -0.1) is 0 Å². The highest BCUT2D eigenvalue weighted by Gasteiger charge is 2.29. The summed E-state index contributed by atoms with van der Waals surface area (Å²) in [5.74, 6) is -0.936. The number of nitrogens with zero attached hydrogens (tertiary/aromatic N) is 1. The molecule has 0 fully saturated rings. The molecule has 1 heterocycles. The first-order chi connectivity index (χ1) is 14.2. The van der Waals surface area contributed by atoms with Gasteiger partial charge in [-0.3, -0.25) is 4.79 Å². The Bertz CT molecular complexity index is 1050. The third-order valence-electron chi connectivity index (χ3n) is 4.45. The molecule has 1 atom stereocenters. The van der Waals surface area contributed by atoms with Crippen molar-refractivity contribution in [3.05, 3.63) is 71.0 Å². The summed E-state index contributed by atoms with van der Waals surface area (Å²) in [6.07, 6.45) is -0.592. The number of benzene rings is 2. The second-order valence-electron chi connectivity index (χ2n) is 7.36. The summed E-state index contributed by atoms with van der Waals surface area (Å²) in [6.45, 7) is 3.66. The molecular formula is C21H24FN3O4S. The van der Waals surface area contributed by atoms with Crippen LogP contribution in [0.1, 0.15) is 37.0 Å². The minimum absolute atomic E-state index is 0.154. The summed E-state index contributed by atoms with van der Waals surface area (Å²) in [6, 6.07) is 12.8. The maximum atomic E-state index is 13.4. The summed E-state index contributed by atoms with van der Waals surface area (Å²) < 4.78 is 40.4. The predicted octanol–water partition coefficient (Wildman–Crippen LogP) is 2.46. The quantitative estimate of drug-likeness (QED) is 0.668. The van der Waals surface area contributed by atoms with Gasteiger partial charge in [0.15, 0.2) is 0 Å². The van der Waals surface area contributed by atoms with E-state index < -0.39 is 16.1 Å². The molecular weight excluding hydrogens is 409 g/mol. The van der Waals surface area contributed by atoms with Gasteiger partial charge >= 0.3 is 0 Å². The van der Waals surface area contributed by atoms with Gasteiger partial charge < -0.3 is 10.2 Å². The summed E-state index contributed by atoms with van der Waals surface area (Å²) in [4.78, 5) is 17.7. The highest BCUT2D eigenvalue weighted by Crippen LogP contribution is 2.18. The molecule has 1 amide bonds. The van der Waals surface area contributed by atoms with Crippen molar-refractivity contribution in [2.45, 2.75) is 44.7 Å². The molecule has 0 aliphatic carbocycles. The maximum absolute atomic E-state index is 13.4. The lowest BCUT2D eigenvalue weighted by molar-refractivity contribution is -0.131. The number of nitrogens with one attached hydrogen (secondary N) is 2. The fraction of sp³-hybridized carbons (Fsp3) is 0.333. The van der Waals surface area contributed by atoms with E-state index in [9.17, 15) is 17.6 Å². The monoisotopic (exact) mass is 433 g/mol. The number of amides is 1. The van der Waals surface area contributed by atoms with Crippen LogP contribution in [0.25, 0.3) is 0 Å². The van der Waals surface area contributed by atoms with E-state index in [0.29, 0.717) is 22.4 Å². The van der Waals surface area contributed by atoms with Gasteiger partial charge in [-0.1, -0.05) is 41.6 Å². The molecule has 0 radical (unpaired) electrons. The number of rotatable bonds is 8. The smallest absolute Gasteiger partial charge is 0.264 e. The maximum Gasteiger partial charge on any atom is 0.264 e. The van der Waals surface area contributed by atoms with E-state index in [-0.39, 0.29) is 36.5 Å². The first kappa shape index (κ1) is 21.9. The molecule has 2 N–H and O–H groups in total. The number of carbonyl (C=O) groups excluding carboxylic acids is 1. The fourth-order valence-corrected chi connectivity index (χ4v) is 4.62. The molecule has 0 spiro atoms. The Morgan fingerprint density at radius 3 is 2.63 bits per heavy atom. The van der Waals surface area contributed by atoms with Crippen molar-refractivity contribution in [3.63, 3.8) is 0 Å². The second-order valence-corrected chi connectivity index (χ2v) is 9.12. The van der Waals surface area contributed by atoms with Gasteiger partial charge in [-0.05, 0) is 37.1 Å². The SMILES string of the molecule is CC(C)NS(=O)(=O)Cc1ccccc1CNC(=O)C1CC(c2cccc(F)c2)=NO1. The lowest BCUT2D eigenvalue weighted by Gasteiger charge is -2.14. The Morgan fingerprint density at radius 1 is 1.20 bits per heavy atom. The third-order valence-corrected chi connectivity index (χ3v) is 5.97. The largest absolute Gasteiger partial charge is 0.382 e. The van der Waals surface area contributed by atoms with Crippen molar-refractivity contribution in [2.75, 3.05) is 0 Å². The van der Waals surface area contributed by atoms with E-state index in [4.69, 9.17) is 4.84 Å². The van der Waals surface area contributed by atoms with Crippen molar-refractivity contribution in [2.24, 2.45) is 5.16 Å². The molecule has 1 unspecified atom stereocenters. The van der Waals surface area contributed by atoms with Gasteiger partial charge in [0, 0.05) is 24.6 Å². The van der Waals surface area contributed by atoms with E-state index >= 15 is 0 Å². The molecule has 160 valence electrons. The Hall–Kier alpha value is -2.78. The molecule has 0 aromatic heterocycles. The van der Waals surface area contributed by atoms with Gasteiger partial charge in [0.2, 0.25) is 16.1 Å². The molecule has 2 aromatic rings. The number of carbonyl (C=O) groups is 1. The fourth-order valence-electron chi connectivity index (χ4n) is 3.13. The predicted molar refractivity (Wildman–Crippen MR) is 112 cm³/mol. The number of sulfonamides is 1. The Labute approximate surface area is 175 Å². The highest BCUT2D eigenvalue weighted by atomic mass is 32.2. The number of hydrogen-bond acceptors (Lipinski definition) is 5. The van der Waals surface area contributed by atoms with Crippen LogP contribution in [-0.4, -0.2) is 32.2 Å². The van der Waals surface area contributed by atoms with Crippen molar-refractivity contribution >= 4 is 21.6 Å². The summed E-state index contributed by atoms with van der Waals surface area (Å²) in [5.41, 5.74) is 2.37. The minimum Gasteiger partial charge on any atom is -0.382 e. The molecule has 0 saturated heterocycles. The molecule has 0 saturated carbocycles. The first-order valence-electron chi connectivity index (χ1n) is 9.56. The minimum atomic E-state index is -3.49. The highest BCUT2D eigenvalue weighted by molar-refractivity contribution is 7.88. The van der Waals surface area contributed by atoms with Crippen LogP contribution in [0.3, 0.4) is 0 Å². The lowest BCUT2D eigenvalue weighted by atomic mass is 10.0. The topological polar surface area (TPSA) is 96.9 Å². The standard InChI is InChI=1S/C21H24FN3O4S/c1-14(2)25-30(27,28)13-17-7-4-3-6-16(17)12-23-21(26)20-11-19(24-29-20)15-8-5-9-18(22)10-15/h3-10,14,20,25H,11-13H2,1-2H3,(H,23,26). The van der Waals surface area contributed by atoms with Crippen LogP contribution >= 0.6 is 0 Å². The average Bonchev–Trinajstić information content (AvgIpc) is 3.16. The zero-order chi connectivity index (χ0) is 21.7. The Kier molecular flexibility index (Phi) is 6.84. The second kappa shape index (κ2) is 9.36. The first-order valence-corrected chi connectivity index (χ1v) is 11.2. The summed E-state index contributed by atoms with van der Waals surface area (Å²) >= 11 is 0. The van der Waals surface area contributed by atoms with Crippen LogP contribution in [0.5, 0.6) is 0 Å². The van der Waals surface area contributed by atoms with Gasteiger partial charge in [0.05, 0.1) is 11.5 Å². The normalized spacial score (nSPS) is 16.3. The van der Waals surface area contributed by atoms with Gasteiger partial charge in [-0.2, -0.15) is 0 Å². The molecule has 0 bridgehead atoms. The molecule has 7 nitrogen and oxygen atoms in total. The molecule has 30 heavy (non-hydrogen) atoms. The van der Waals surface area contributed by atoms with Gasteiger partial charge in [-0.25, -0.2) is 17.5 Å². The zero-order valence-corrected chi connectivity index (χ0v) is 17.6. The van der Waals surface area contributed by atoms with E-state index in [1.54, 1.807) is 50.2 Å². The van der Waals surface area contributed by atoms with Crippen LogP contribution in [0.4, 0.5) is 4.39 Å². The van der Waals surface area contributed by atoms with Crippen molar-refractivity contribution < 1.29 is 22.4 Å². The van der Waals surface area contributed by atoms with Crippen LogP contribution in [0.2, 0.25) is 0 Å². The van der Waals surface area contributed by atoms with Crippen LogP contribution in [0, 0.1) is 5.82 Å². The van der Waals surface area contributed by atoms with E-state index in [2.05, 4.69) is 15.2 Å². The molecule has 9 heteroatoms. The molecule has 1 aliphatic rings. The number of oxime groups is 1. The van der Waals surface area contributed by atoms with Crippen molar-refractivity contribution in [3.8, 4) is 0 Å². The van der Waals surface area contributed by atoms with E-state index in [1.165, 1.54) is 12.1 Å².